The van der Waals surface area contributed by atoms with Crippen molar-refractivity contribution in [1.29, 1.82) is 0 Å². The number of carbonyl (C=O) groups is 1. The van der Waals surface area contributed by atoms with Crippen molar-refractivity contribution in [3.05, 3.63) is 42.1 Å². The van der Waals surface area contributed by atoms with E-state index < -0.39 is 0 Å². The Hall–Kier alpha value is -1.61. The molecule has 0 spiro atoms. The summed E-state index contributed by atoms with van der Waals surface area (Å²) in [4.78, 5) is 13.8. The zero-order chi connectivity index (χ0) is 12.1. The quantitative estimate of drug-likeness (QED) is 0.745. The Kier molecular flexibility index (Phi) is 3.94. The first-order valence-corrected chi connectivity index (χ1v) is 5.87. The third kappa shape index (κ3) is 3.17. The molecule has 0 aromatic heterocycles. The molecule has 2 rings (SSSR count). The topological polar surface area (TPSA) is 29.5 Å². The van der Waals surface area contributed by atoms with E-state index in [4.69, 9.17) is 4.74 Å². The van der Waals surface area contributed by atoms with E-state index >= 15 is 0 Å². The third-order valence-electron chi connectivity index (χ3n) is 2.82. The van der Waals surface area contributed by atoms with Gasteiger partial charge in [0.25, 0.3) is 0 Å². The van der Waals surface area contributed by atoms with Gasteiger partial charge in [0.05, 0.1) is 13.2 Å². The lowest BCUT2D eigenvalue weighted by atomic mass is 10.0. The van der Waals surface area contributed by atoms with Crippen LogP contribution in [0.5, 0.6) is 0 Å². The van der Waals surface area contributed by atoms with Crippen LogP contribution in [0.1, 0.15) is 12.5 Å². The molecule has 0 N–H and O–H groups in total. The van der Waals surface area contributed by atoms with Gasteiger partial charge in [0.1, 0.15) is 0 Å². The SMILES string of the molecule is CC(=O)/C(=C\N1CCOCC1)c1ccccc1. The number of benzene rings is 1. The van der Waals surface area contributed by atoms with Gasteiger partial charge in [-0.25, -0.2) is 0 Å². The maximum atomic E-state index is 11.7. The minimum Gasteiger partial charge on any atom is -0.378 e. The van der Waals surface area contributed by atoms with Crippen LogP contribution in [0.25, 0.3) is 5.57 Å². The average Bonchev–Trinajstić information content (AvgIpc) is 2.38. The number of ketones is 1. The van der Waals surface area contributed by atoms with Crippen LogP contribution in [-0.2, 0) is 9.53 Å². The summed E-state index contributed by atoms with van der Waals surface area (Å²) in [5.41, 5.74) is 1.75. The molecule has 0 saturated carbocycles. The molecule has 0 aliphatic carbocycles. The van der Waals surface area contributed by atoms with E-state index in [-0.39, 0.29) is 5.78 Å². The van der Waals surface area contributed by atoms with Gasteiger partial charge in [0.2, 0.25) is 0 Å². The zero-order valence-electron chi connectivity index (χ0n) is 10.1. The first-order valence-electron chi connectivity index (χ1n) is 5.87. The van der Waals surface area contributed by atoms with Crippen molar-refractivity contribution in [1.82, 2.24) is 4.90 Å². The van der Waals surface area contributed by atoms with Gasteiger partial charge in [-0.1, -0.05) is 30.3 Å². The fourth-order valence-electron chi connectivity index (χ4n) is 1.88. The molecule has 1 saturated heterocycles. The summed E-state index contributed by atoms with van der Waals surface area (Å²) in [6, 6.07) is 9.79. The van der Waals surface area contributed by atoms with Gasteiger partial charge in [0.15, 0.2) is 5.78 Å². The first-order chi connectivity index (χ1) is 8.27. The lowest BCUT2D eigenvalue weighted by Gasteiger charge is -2.26. The van der Waals surface area contributed by atoms with Crippen LogP contribution in [0.15, 0.2) is 36.5 Å². The molecule has 0 atom stereocenters. The van der Waals surface area contributed by atoms with E-state index in [1.807, 2.05) is 36.5 Å². The molecule has 3 nitrogen and oxygen atoms in total. The standard InChI is InChI=1S/C14H17NO2/c1-12(16)14(13-5-3-2-4-6-13)11-15-7-9-17-10-8-15/h2-6,11H,7-10H2,1H3/b14-11+. The molecule has 0 unspecified atom stereocenters. The fourth-order valence-corrected chi connectivity index (χ4v) is 1.88. The molecular weight excluding hydrogens is 214 g/mol. The van der Waals surface area contributed by atoms with Gasteiger partial charge in [-0.3, -0.25) is 4.79 Å². The normalized spacial score (nSPS) is 17.0. The van der Waals surface area contributed by atoms with Gasteiger partial charge >= 0.3 is 0 Å². The van der Waals surface area contributed by atoms with Gasteiger partial charge < -0.3 is 9.64 Å². The number of morpholine rings is 1. The molecule has 0 bridgehead atoms. The van der Waals surface area contributed by atoms with Crippen LogP contribution in [0.2, 0.25) is 0 Å². The summed E-state index contributed by atoms with van der Waals surface area (Å²) in [5, 5.41) is 0. The predicted molar refractivity (Wildman–Crippen MR) is 67.5 cm³/mol. The van der Waals surface area contributed by atoms with Crippen molar-refractivity contribution in [3.8, 4) is 0 Å². The number of Topliss-reactive ketones (excluding diaryl/α,β-unsaturated/α-hetero) is 1. The molecule has 1 aromatic carbocycles. The lowest BCUT2D eigenvalue weighted by Crippen LogP contribution is -2.32. The highest BCUT2D eigenvalue weighted by molar-refractivity contribution is 6.19. The van der Waals surface area contributed by atoms with Crippen LogP contribution in [-0.4, -0.2) is 37.0 Å². The van der Waals surface area contributed by atoms with Gasteiger partial charge in [-0.2, -0.15) is 0 Å². The molecule has 3 heteroatoms. The maximum absolute atomic E-state index is 11.7. The number of hydrogen-bond acceptors (Lipinski definition) is 3. The molecule has 90 valence electrons. The highest BCUT2D eigenvalue weighted by Gasteiger charge is 2.11. The Morgan fingerprint density at radius 1 is 1.24 bits per heavy atom. The molecule has 1 heterocycles. The van der Waals surface area contributed by atoms with Crippen molar-refractivity contribution >= 4 is 11.4 Å². The summed E-state index contributed by atoms with van der Waals surface area (Å²) in [5.74, 6) is 0.0997. The lowest BCUT2D eigenvalue weighted by molar-refractivity contribution is -0.111. The second kappa shape index (κ2) is 5.64. The average molecular weight is 231 g/mol. The molecular formula is C14H17NO2. The number of ether oxygens (including phenoxy) is 1. The van der Waals surface area contributed by atoms with E-state index in [2.05, 4.69) is 4.90 Å². The molecule has 1 aliphatic heterocycles. The number of carbonyl (C=O) groups excluding carboxylic acids is 1. The summed E-state index contributed by atoms with van der Waals surface area (Å²) in [6.07, 6.45) is 1.96. The van der Waals surface area contributed by atoms with Crippen molar-refractivity contribution in [2.24, 2.45) is 0 Å². The summed E-state index contributed by atoms with van der Waals surface area (Å²) < 4.78 is 5.29. The van der Waals surface area contributed by atoms with E-state index in [1.54, 1.807) is 6.92 Å². The molecule has 17 heavy (non-hydrogen) atoms. The summed E-state index contributed by atoms with van der Waals surface area (Å²) in [6.45, 7) is 4.78. The van der Waals surface area contributed by atoms with Crippen molar-refractivity contribution in [3.63, 3.8) is 0 Å². The maximum Gasteiger partial charge on any atom is 0.161 e. The molecule has 0 amide bonds. The summed E-state index contributed by atoms with van der Waals surface area (Å²) >= 11 is 0. The van der Waals surface area contributed by atoms with Gasteiger partial charge in [-0.15, -0.1) is 0 Å². The van der Waals surface area contributed by atoms with Crippen LogP contribution < -0.4 is 0 Å². The second-order valence-corrected chi connectivity index (χ2v) is 4.11. The smallest absolute Gasteiger partial charge is 0.161 e. The Morgan fingerprint density at radius 2 is 1.88 bits per heavy atom. The fraction of sp³-hybridized carbons (Fsp3) is 0.357. The minimum absolute atomic E-state index is 0.0997. The molecule has 1 fully saturated rings. The second-order valence-electron chi connectivity index (χ2n) is 4.11. The monoisotopic (exact) mass is 231 g/mol. The van der Waals surface area contributed by atoms with Crippen molar-refractivity contribution in [2.75, 3.05) is 26.3 Å². The van der Waals surface area contributed by atoms with E-state index in [0.29, 0.717) is 0 Å². The zero-order valence-corrected chi connectivity index (χ0v) is 10.1. The van der Waals surface area contributed by atoms with E-state index in [0.717, 1.165) is 37.4 Å². The Balaban J connectivity index is 2.22. The molecule has 1 aromatic rings. The van der Waals surface area contributed by atoms with Gasteiger partial charge in [-0.05, 0) is 12.5 Å². The van der Waals surface area contributed by atoms with Crippen LogP contribution in [0, 0.1) is 0 Å². The summed E-state index contributed by atoms with van der Waals surface area (Å²) in [7, 11) is 0. The van der Waals surface area contributed by atoms with Crippen LogP contribution in [0.4, 0.5) is 0 Å². The molecule has 0 radical (unpaired) electrons. The largest absolute Gasteiger partial charge is 0.378 e. The highest BCUT2D eigenvalue weighted by Crippen LogP contribution is 2.16. The van der Waals surface area contributed by atoms with Crippen molar-refractivity contribution < 1.29 is 9.53 Å². The Bertz CT molecular complexity index is 405. The van der Waals surface area contributed by atoms with Crippen LogP contribution >= 0.6 is 0 Å². The van der Waals surface area contributed by atoms with Gasteiger partial charge in [0, 0.05) is 24.9 Å². The highest BCUT2D eigenvalue weighted by atomic mass is 16.5. The van der Waals surface area contributed by atoms with E-state index in [1.165, 1.54) is 0 Å². The number of allylic oxidation sites excluding steroid dienone is 1. The van der Waals surface area contributed by atoms with Crippen molar-refractivity contribution in [2.45, 2.75) is 6.92 Å². The van der Waals surface area contributed by atoms with Crippen LogP contribution in [0.3, 0.4) is 0 Å². The molecule has 1 aliphatic rings. The Morgan fingerprint density at radius 3 is 2.47 bits per heavy atom. The number of hydrogen-bond donors (Lipinski definition) is 0. The predicted octanol–water partition coefficient (Wildman–Crippen LogP) is 1.95. The number of nitrogens with zero attached hydrogens (tertiary/aromatic N) is 1. The van der Waals surface area contributed by atoms with E-state index in [9.17, 15) is 4.79 Å². The third-order valence-corrected chi connectivity index (χ3v) is 2.82. The Labute approximate surface area is 102 Å². The number of rotatable bonds is 3. The first kappa shape index (κ1) is 11.9. The minimum atomic E-state index is 0.0997.